The van der Waals surface area contributed by atoms with Crippen LogP contribution in [-0.4, -0.2) is 41.0 Å². The van der Waals surface area contributed by atoms with Crippen molar-refractivity contribution >= 4 is 0 Å². The van der Waals surface area contributed by atoms with E-state index in [4.69, 9.17) is 0 Å². The molecule has 1 aliphatic heterocycles. The lowest BCUT2D eigenvalue weighted by molar-refractivity contribution is -0.141. The van der Waals surface area contributed by atoms with Crippen LogP contribution in [0.5, 0.6) is 0 Å². The van der Waals surface area contributed by atoms with E-state index in [9.17, 15) is 13.2 Å². The van der Waals surface area contributed by atoms with Crippen LogP contribution < -0.4 is 0 Å². The third kappa shape index (κ3) is 4.55. The van der Waals surface area contributed by atoms with Gasteiger partial charge in [-0.15, -0.1) is 0 Å². The number of piperazine rings is 1. The van der Waals surface area contributed by atoms with E-state index in [1.807, 2.05) is 18.2 Å². The van der Waals surface area contributed by atoms with Gasteiger partial charge in [0.2, 0.25) is 0 Å². The van der Waals surface area contributed by atoms with E-state index in [0.717, 1.165) is 38.8 Å². The fourth-order valence-electron chi connectivity index (χ4n) is 2.93. The Morgan fingerprint density at radius 2 is 1.42 bits per heavy atom. The standard InChI is InChI=1S/C18H20F3N3/c19-18(20,21)17-12-16(6-7-22-17)14-24-10-8-23(9-11-24)13-15-4-2-1-3-5-15/h1-7,12H,8-11,13-14H2. The van der Waals surface area contributed by atoms with Crippen molar-refractivity contribution in [3.63, 3.8) is 0 Å². The lowest BCUT2D eigenvalue weighted by atomic mass is 10.1. The zero-order chi connectivity index (χ0) is 17.0. The van der Waals surface area contributed by atoms with Crippen molar-refractivity contribution < 1.29 is 13.2 Å². The maximum absolute atomic E-state index is 12.7. The van der Waals surface area contributed by atoms with Gasteiger partial charge < -0.3 is 0 Å². The Morgan fingerprint density at radius 1 is 0.833 bits per heavy atom. The lowest BCUT2D eigenvalue weighted by Crippen LogP contribution is -2.45. The van der Waals surface area contributed by atoms with Crippen LogP contribution >= 0.6 is 0 Å². The summed E-state index contributed by atoms with van der Waals surface area (Å²) < 4.78 is 38.2. The summed E-state index contributed by atoms with van der Waals surface area (Å²) in [7, 11) is 0. The Balaban J connectivity index is 1.52. The van der Waals surface area contributed by atoms with Crippen LogP contribution in [0.1, 0.15) is 16.8 Å². The maximum Gasteiger partial charge on any atom is 0.433 e. The largest absolute Gasteiger partial charge is 0.433 e. The number of nitrogens with zero attached hydrogens (tertiary/aromatic N) is 3. The molecule has 1 aromatic carbocycles. The summed E-state index contributed by atoms with van der Waals surface area (Å²) in [4.78, 5) is 7.98. The first kappa shape index (κ1) is 16.9. The summed E-state index contributed by atoms with van der Waals surface area (Å²) in [6.07, 6.45) is -3.14. The molecule has 2 heterocycles. The first-order valence-electron chi connectivity index (χ1n) is 8.01. The van der Waals surface area contributed by atoms with Gasteiger partial charge in [0.25, 0.3) is 0 Å². The highest BCUT2D eigenvalue weighted by molar-refractivity contribution is 5.18. The molecule has 0 spiro atoms. The molecule has 2 aromatic rings. The van der Waals surface area contributed by atoms with E-state index in [2.05, 4.69) is 26.9 Å². The monoisotopic (exact) mass is 335 g/mol. The van der Waals surface area contributed by atoms with Gasteiger partial charge in [0.05, 0.1) is 0 Å². The van der Waals surface area contributed by atoms with Crippen LogP contribution in [-0.2, 0) is 19.3 Å². The van der Waals surface area contributed by atoms with Gasteiger partial charge in [-0.25, -0.2) is 0 Å². The molecule has 3 rings (SSSR count). The highest BCUT2D eigenvalue weighted by Gasteiger charge is 2.32. The topological polar surface area (TPSA) is 19.4 Å². The van der Waals surface area contributed by atoms with E-state index in [0.29, 0.717) is 12.1 Å². The molecule has 0 atom stereocenters. The van der Waals surface area contributed by atoms with E-state index in [1.165, 1.54) is 11.8 Å². The van der Waals surface area contributed by atoms with E-state index in [-0.39, 0.29) is 0 Å². The molecule has 6 heteroatoms. The Hall–Kier alpha value is -1.92. The second kappa shape index (κ2) is 7.32. The number of aromatic nitrogens is 1. The zero-order valence-corrected chi connectivity index (χ0v) is 13.3. The summed E-state index contributed by atoms with van der Waals surface area (Å²) in [5, 5.41) is 0. The summed E-state index contributed by atoms with van der Waals surface area (Å²) >= 11 is 0. The van der Waals surface area contributed by atoms with Crippen molar-refractivity contribution in [2.45, 2.75) is 19.3 Å². The molecule has 0 saturated carbocycles. The minimum Gasteiger partial charge on any atom is -0.297 e. The van der Waals surface area contributed by atoms with Gasteiger partial charge in [-0.3, -0.25) is 14.8 Å². The normalized spacial score (nSPS) is 17.1. The number of halogens is 3. The minimum atomic E-state index is -4.38. The second-order valence-corrected chi connectivity index (χ2v) is 6.08. The Bertz CT molecular complexity index is 650. The van der Waals surface area contributed by atoms with Gasteiger partial charge in [0.15, 0.2) is 0 Å². The fourth-order valence-corrected chi connectivity index (χ4v) is 2.93. The molecule has 0 bridgehead atoms. The van der Waals surface area contributed by atoms with Crippen molar-refractivity contribution in [2.24, 2.45) is 0 Å². The number of hydrogen-bond donors (Lipinski definition) is 0. The van der Waals surface area contributed by atoms with Crippen molar-refractivity contribution in [2.75, 3.05) is 26.2 Å². The average Bonchev–Trinajstić information content (AvgIpc) is 2.57. The predicted molar refractivity (Wildman–Crippen MR) is 86.2 cm³/mol. The second-order valence-electron chi connectivity index (χ2n) is 6.08. The van der Waals surface area contributed by atoms with Crippen molar-refractivity contribution in [1.82, 2.24) is 14.8 Å². The zero-order valence-electron chi connectivity index (χ0n) is 13.3. The van der Waals surface area contributed by atoms with Crippen LogP contribution in [0.15, 0.2) is 48.7 Å². The van der Waals surface area contributed by atoms with Crippen LogP contribution in [0.4, 0.5) is 13.2 Å². The molecule has 0 N–H and O–H groups in total. The number of rotatable bonds is 4. The van der Waals surface area contributed by atoms with Crippen LogP contribution in [0.3, 0.4) is 0 Å². The molecule has 0 aliphatic carbocycles. The Morgan fingerprint density at radius 3 is 2.00 bits per heavy atom. The molecule has 0 radical (unpaired) electrons. The highest BCUT2D eigenvalue weighted by atomic mass is 19.4. The summed E-state index contributed by atoms with van der Waals surface area (Å²) in [6, 6.07) is 13.1. The average molecular weight is 335 g/mol. The van der Waals surface area contributed by atoms with Crippen molar-refractivity contribution in [3.05, 3.63) is 65.5 Å². The van der Waals surface area contributed by atoms with Gasteiger partial charge in [-0.05, 0) is 23.3 Å². The number of pyridine rings is 1. The molecule has 3 nitrogen and oxygen atoms in total. The van der Waals surface area contributed by atoms with Crippen molar-refractivity contribution in [1.29, 1.82) is 0 Å². The minimum absolute atomic E-state index is 0.533. The first-order valence-corrected chi connectivity index (χ1v) is 8.01. The van der Waals surface area contributed by atoms with Crippen LogP contribution in [0.25, 0.3) is 0 Å². The molecular weight excluding hydrogens is 315 g/mol. The van der Waals surface area contributed by atoms with Gasteiger partial charge in [-0.2, -0.15) is 13.2 Å². The Kier molecular flexibility index (Phi) is 5.16. The molecule has 0 unspecified atom stereocenters. The molecule has 1 aromatic heterocycles. The first-order chi connectivity index (χ1) is 11.5. The molecule has 1 aliphatic rings. The quantitative estimate of drug-likeness (QED) is 0.853. The summed E-state index contributed by atoms with van der Waals surface area (Å²) in [5.74, 6) is 0. The third-order valence-electron chi connectivity index (χ3n) is 4.23. The molecular formula is C18H20F3N3. The number of benzene rings is 1. The Labute approximate surface area is 139 Å². The molecule has 0 amide bonds. The van der Waals surface area contributed by atoms with Crippen LogP contribution in [0.2, 0.25) is 0 Å². The van der Waals surface area contributed by atoms with Gasteiger partial charge in [0, 0.05) is 45.5 Å². The lowest BCUT2D eigenvalue weighted by Gasteiger charge is -2.34. The van der Waals surface area contributed by atoms with E-state index in [1.54, 1.807) is 6.07 Å². The molecule has 1 saturated heterocycles. The number of hydrogen-bond acceptors (Lipinski definition) is 3. The smallest absolute Gasteiger partial charge is 0.297 e. The molecule has 1 fully saturated rings. The number of alkyl halides is 3. The van der Waals surface area contributed by atoms with Gasteiger partial charge in [-0.1, -0.05) is 30.3 Å². The predicted octanol–water partition coefficient (Wildman–Crippen LogP) is 3.42. The van der Waals surface area contributed by atoms with Gasteiger partial charge in [0.1, 0.15) is 5.69 Å². The maximum atomic E-state index is 12.7. The van der Waals surface area contributed by atoms with Crippen molar-refractivity contribution in [3.8, 4) is 0 Å². The van der Waals surface area contributed by atoms with E-state index >= 15 is 0 Å². The summed E-state index contributed by atoms with van der Waals surface area (Å²) in [5.41, 5.74) is 1.13. The van der Waals surface area contributed by atoms with Crippen LogP contribution in [0, 0.1) is 0 Å². The van der Waals surface area contributed by atoms with E-state index < -0.39 is 11.9 Å². The molecule has 24 heavy (non-hydrogen) atoms. The highest BCUT2D eigenvalue weighted by Crippen LogP contribution is 2.28. The third-order valence-corrected chi connectivity index (χ3v) is 4.23. The fraction of sp³-hybridized carbons (Fsp3) is 0.389. The summed E-state index contributed by atoms with van der Waals surface area (Å²) in [6.45, 7) is 5.01. The van der Waals surface area contributed by atoms with Gasteiger partial charge >= 0.3 is 6.18 Å². The molecule has 128 valence electrons. The SMILES string of the molecule is FC(F)(F)c1cc(CN2CCN(Cc3ccccc3)CC2)ccn1.